The van der Waals surface area contributed by atoms with Crippen LogP contribution in [0, 0.1) is 0 Å². The van der Waals surface area contributed by atoms with Crippen LogP contribution < -0.4 is 5.73 Å². The normalized spacial score (nSPS) is 10.8. The molecule has 0 atom stereocenters. The van der Waals surface area contributed by atoms with Gasteiger partial charge >= 0.3 is 0 Å². The summed E-state index contributed by atoms with van der Waals surface area (Å²) in [6, 6.07) is 1.78. The second-order valence-corrected chi connectivity index (χ2v) is 4.35. The van der Waals surface area contributed by atoms with Crippen LogP contribution in [0.5, 0.6) is 0 Å². The van der Waals surface area contributed by atoms with Crippen LogP contribution in [-0.2, 0) is 24.3 Å². The molecule has 2 aromatic heterocycles. The Morgan fingerprint density at radius 2 is 2.21 bits per heavy atom. The van der Waals surface area contributed by atoms with Crippen LogP contribution in [0.1, 0.15) is 30.7 Å². The molecule has 19 heavy (non-hydrogen) atoms. The minimum Gasteiger partial charge on any atom is -0.384 e. The number of nitrogen functional groups attached to an aromatic ring is 1. The lowest BCUT2D eigenvalue weighted by Crippen LogP contribution is -2.08. The Kier molecular flexibility index (Phi) is 4.46. The number of aromatic nitrogens is 4. The summed E-state index contributed by atoms with van der Waals surface area (Å²) in [5, 5.41) is 0. The molecule has 0 saturated carbocycles. The summed E-state index contributed by atoms with van der Waals surface area (Å²) in [7, 11) is 1.61. The minimum atomic E-state index is 0.363. The average molecular weight is 261 g/mol. The first kappa shape index (κ1) is 13.5. The smallest absolute Gasteiger partial charge is 0.156 e. The molecule has 2 heterocycles. The van der Waals surface area contributed by atoms with Gasteiger partial charge in [0.1, 0.15) is 18.2 Å². The summed E-state index contributed by atoms with van der Waals surface area (Å²) >= 11 is 0. The fourth-order valence-electron chi connectivity index (χ4n) is 1.97. The van der Waals surface area contributed by atoms with Crippen molar-refractivity contribution in [1.82, 2.24) is 19.5 Å². The second-order valence-electron chi connectivity index (χ2n) is 4.35. The van der Waals surface area contributed by atoms with Gasteiger partial charge in [-0.15, -0.1) is 0 Å². The fraction of sp³-hybridized carbons (Fsp3) is 0.462. The number of imidazole rings is 1. The zero-order valence-electron chi connectivity index (χ0n) is 11.3. The maximum Gasteiger partial charge on any atom is 0.156 e. The molecule has 6 heteroatoms. The Morgan fingerprint density at radius 3 is 2.95 bits per heavy atom. The molecule has 0 unspecified atom stereocenters. The highest BCUT2D eigenvalue weighted by Crippen LogP contribution is 2.10. The van der Waals surface area contributed by atoms with E-state index in [0.29, 0.717) is 24.7 Å². The highest BCUT2D eigenvalue weighted by atomic mass is 16.5. The van der Waals surface area contributed by atoms with Crippen molar-refractivity contribution in [2.24, 2.45) is 0 Å². The first-order valence-electron chi connectivity index (χ1n) is 6.34. The monoisotopic (exact) mass is 261 g/mol. The molecule has 0 radical (unpaired) electrons. The standard InChI is InChI=1S/C13H19N5O/c1-3-5-18-6-4-15-13(18)8-10-7-11(14)17-12(16-10)9-19-2/h4,6-7H,3,5,8-9H2,1-2H3,(H2,14,16,17). The van der Waals surface area contributed by atoms with E-state index in [4.69, 9.17) is 10.5 Å². The molecule has 0 aromatic carbocycles. The van der Waals surface area contributed by atoms with Crippen LogP contribution in [0.3, 0.4) is 0 Å². The number of aryl methyl sites for hydroxylation is 1. The molecule has 2 rings (SSSR count). The van der Waals surface area contributed by atoms with Crippen molar-refractivity contribution >= 4 is 5.82 Å². The van der Waals surface area contributed by atoms with Gasteiger partial charge in [0.2, 0.25) is 0 Å². The Labute approximate surface area is 112 Å². The van der Waals surface area contributed by atoms with Crippen molar-refractivity contribution in [3.8, 4) is 0 Å². The molecule has 0 fully saturated rings. The highest BCUT2D eigenvalue weighted by Gasteiger charge is 2.07. The number of methoxy groups -OCH3 is 1. The molecule has 0 aliphatic heterocycles. The molecule has 0 amide bonds. The molecule has 2 N–H and O–H groups in total. The van der Waals surface area contributed by atoms with E-state index in [0.717, 1.165) is 24.5 Å². The van der Waals surface area contributed by atoms with Crippen LogP contribution in [-0.4, -0.2) is 26.6 Å². The van der Waals surface area contributed by atoms with Gasteiger partial charge in [-0.2, -0.15) is 0 Å². The van der Waals surface area contributed by atoms with Gasteiger partial charge in [-0.05, 0) is 6.42 Å². The van der Waals surface area contributed by atoms with E-state index in [1.165, 1.54) is 0 Å². The third-order valence-electron chi connectivity index (χ3n) is 2.72. The number of anilines is 1. The lowest BCUT2D eigenvalue weighted by atomic mass is 10.2. The largest absolute Gasteiger partial charge is 0.384 e. The average Bonchev–Trinajstić information content (AvgIpc) is 2.77. The molecule has 102 valence electrons. The number of rotatable bonds is 6. The van der Waals surface area contributed by atoms with Crippen molar-refractivity contribution in [3.63, 3.8) is 0 Å². The summed E-state index contributed by atoms with van der Waals surface area (Å²) in [5.41, 5.74) is 6.65. The number of nitrogens with two attached hydrogens (primary N) is 1. The van der Waals surface area contributed by atoms with Gasteiger partial charge in [0.25, 0.3) is 0 Å². The minimum absolute atomic E-state index is 0.363. The SMILES string of the molecule is CCCn1ccnc1Cc1cc(N)nc(COC)n1. The zero-order valence-corrected chi connectivity index (χ0v) is 11.3. The maximum absolute atomic E-state index is 5.78. The molecule has 0 aliphatic carbocycles. The first-order chi connectivity index (χ1) is 9.22. The highest BCUT2D eigenvalue weighted by molar-refractivity contribution is 5.31. The number of ether oxygens (including phenoxy) is 1. The molecule has 0 aliphatic rings. The third kappa shape index (κ3) is 3.51. The van der Waals surface area contributed by atoms with Crippen LogP contribution >= 0.6 is 0 Å². The molecule has 0 saturated heterocycles. The summed E-state index contributed by atoms with van der Waals surface area (Å²) in [6.07, 6.45) is 5.52. The lowest BCUT2D eigenvalue weighted by molar-refractivity contribution is 0.177. The van der Waals surface area contributed by atoms with Gasteiger partial charge in [0.15, 0.2) is 5.82 Å². The van der Waals surface area contributed by atoms with Crippen LogP contribution in [0.15, 0.2) is 18.5 Å². The Morgan fingerprint density at radius 1 is 1.37 bits per heavy atom. The van der Waals surface area contributed by atoms with E-state index in [-0.39, 0.29) is 0 Å². The molecular formula is C13H19N5O. The van der Waals surface area contributed by atoms with Crippen LogP contribution in [0.4, 0.5) is 5.82 Å². The number of hydrogen-bond donors (Lipinski definition) is 1. The number of nitrogens with zero attached hydrogens (tertiary/aromatic N) is 4. The summed E-state index contributed by atoms with van der Waals surface area (Å²) in [4.78, 5) is 12.9. The van der Waals surface area contributed by atoms with Gasteiger partial charge < -0.3 is 15.0 Å². The predicted molar refractivity (Wildman–Crippen MR) is 72.5 cm³/mol. The summed E-state index contributed by atoms with van der Waals surface area (Å²) < 4.78 is 7.17. The molecule has 6 nitrogen and oxygen atoms in total. The Hall–Kier alpha value is -1.95. The number of hydrogen-bond acceptors (Lipinski definition) is 5. The Balaban J connectivity index is 2.20. The van der Waals surface area contributed by atoms with Crippen LogP contribution in [0.2, 0.25) is 0 Å². The zero-order chi connectivity index (χ0) is 13.7. The molecule has 0 spiro atoms. The van der Waals surface area contributed by atoms with Crippen molar-refractivity contribution in [1.29, 1.82) is 0 Å². The second kappa shape index (κ2) is 6.29. The van der Waals surface area contributed by atoms with E-state index < -0.39 is 0 Å². The van der Waals surface area contributed by atoms with Gasteiger partial charge in [0.05, 0.1) is 5.69 Å². The van der Waals surface area contributed by atoms with E-state index in [1.54, 1.807) is 13.2 Å². The van der Waals surface area contributed by atoms with Gasteiger partial charge in [-0.3, -0.25) is 0 Å². The fourth-order valence-corrected chi connectivity index (χ4v) is 1.97. The summed E-state index contributed by atoms with van der Waals surface area (Å²) in [5.74, 6) is 2.06. The topological polar surface area (TPSA) is 78.9 Å². The molecule has 0 bridgehead atoms. The van der Waals surface area contributed by atoms with Crippen molar-refractivity contribution in [2.75, 3.05) is 12.8 Å². The first-order valence-corrected chi connectivity index (χ1v) is 6.34. The summed E-state index contributed by atoms with van der Waals surface area (Å²) in [6.45, 7) is 3.46. The lowest BCUT2D eigenvalue weighted by Gasteiger charge is -2.07. The molecular weight excluding hydrogens is 242 g/mol. The van der Waals surface area contributed by atoms with Crippen molar-refractivity contribution in [2.45, 2.75) is 32.9 Å². The van der Waals surface area contributed by atoms with Crippen LogP contribution in [0.25, 0.3) is 0 Å². The van der Waals surface area contributed by atoms with Gasteiger partial charge in [-0.25, -0.2) is 15.0 Å². The van der Waals surface area contributed by atoms with E-state index in [1.807, 2.05) is 12.4 Å². The van der Waals surface area contributed by atoms with Crippen molar-refractivity contribution in [3.05, 3.63) is 35.8 Å². The predicted octanol–water partition coefficient (Wildman–Crippen LogP) is 1.40. The third-order valence-corrected chi connectivity index (χ3v) is 2.72. The quantitative estimate of drug-likeness (QED) is 0.850. The van der Waals surface area contributed by atoms with E-state index in [9.17, 15) is 0 Å². The maximum atomic E-state index is 5.78. The molecule has 2 aromatic rings. The van der Waals surface area contributed by atoms with Gasteiger partial charge in [0, 0.05) is 38.5 Å². The Bertz CT molecular complexity index is 538. The van der Waals surface area contributed by atoms with Gasteiger partial charge in [-0.1, -0.05) is 6.92 Å². The van der Waals surface area contributed by atoms with E-state index >= 15 is 0 Å². The van der Waals surface area contributed by atoms with Crippen molar-refractivity contribution < 1.29 is 4.74 Å². The van der Waals surface area contributed by atoms with E-state index in [2.05, 4.69) is 26.4 Å².